The van der Waals surface area contributed by atoms with E-state index in [9.17, 15) is 4.79 Å². The molecule has 0 unspecified atom stereocenters. The summed E-state index contributed by atoms with van der Waals surface area (Å²) in [5.41, 5.74) is 9.05. The van der Waals surface area contributed by atoms with E-state index >= 15 is 0 Å². The van der Waals surface area contributed by atoms with E-state index in [0.29, 0.717) is 12.2 Å². The maximum Gasteiger partial charge on any atom is 0.271 e. The van der Waals surface area contributed by atoms with Gasteiger partial charge in [-0.1, -0.05) is 72.3 Å². The fourth-order valence-corrected chi connectivity index (χ4v) is 7.12. The Balaban J connectivity index is 1.05. The van der Waals surface area contributed by atoms with Crippen molar-refractivity contribution in [3.8, 4) is 17.0 Å². The van der Waals surface area contributed by atoms with Gasteiger partial charge in [-0.15, -0.1) is 11.3 Å². The topological polar surface area (TPSA) is 75.6 Å². The van der Waals surface area contributed by atoms with Gasteiger partial charge in [0.15, 0.2) is 5.13 Å². The van der Waals surface area contributed by atoms with Crippen molar-refractivity contribution >= 4 is 83.6 Å². The van der Waals surface area contributed by atoms with Crippen molar-refractivity contribution in [2.45, 2.75) is 13.5 Å². The Hall–Kier alpha value is -4.06. The molecule has 0 saturated heterocycles. The third kappa shape index (κ3) is 7.18. The van der Waals surface area contributed by atoms with E-state index in [1.54, 1.807) is 18.3 Å². The third-order valence-corrected chi connectivity index (χ3v) is 9.05. The number of thiazole rings is 1. The van der Waals surface area contributed by atoms with Crippen molar-refractivity contribution in [2.75, 3.05) is 5.32 Å². The molecule has 0 fully saturated rings. The van der Waals surface area contributed by atoms with Gasteiger partial charge in [-0.2, -0.15) is 5.10 Å². The van der Waals surface area contributed by atoms with E-state index in [1.807, 2.05) is 60.0 Å². The van der Waals surface area contributed by atoms with E-state index in [-0.39, 0.29) is 5.91 Å². The Labute approximate surface area is 281 Å². The highest BCUT2D eigenvalue weighted by Gasteiger charge is 2.11. The molecular formula is C35H26BrIN4O2S. The van der Waals surface area contributed by atoms with Gasteiger partial charge in [0.05, 0.1) is 20.0 Å². The Kier molecular flexibility index (Phi) is 9.34. The first-order chi connectivity index (χ1) is 21.4. The monoisotopic (exact) mass is 772 g/mol. The zero-order valence-corrected chi connectivity index (χ0v) is 28.1. The number of aryl methyl sites for hydroxylation is 1. The molecule has 0 atom stereocenters. The van der Waals surface area contributed by atoms with Gasteiger partial charge in [-0.3, -0.25) is 4.79 Å². The van der Waals surface area contributed by atoms with Crippen LogP contribution >= 0.6 is 49.9 Å². The van der Waals surface area contributed by atoms with Crippen LogP contribution in [0.2, 0.25) is 0 Å². The number of carbonyl (C=O) groups is 1. The van der Waals surface area contributed by atoms with Gasteiger partial charge in [0, 0.05) is 22.2 Å². The van der Waals surface area contributed by atoms with E-state index in [0.717, 1.165) is 47.0 Å². The second-order valence-electron chi connectivity index (χ2n) is 10.0. The number of fused-ring (bicyclic) bond motifs is 1. The Morgan fingerprint density at radius 2 is 1.77 bits per heavy atom. The zero-order chi connectivity index (χ0) is 30.5. The molecule has 9 heteroatoms. The van der Waals surface area contributed by atoms with Crippen LogP contribution in [0.4, 0.5) is 10.8 Å². The van der Waals surface area contributed by atoms with Crippen LogP contribution in [0.25, 0.3) is 22.0 Å². The summed E-state index contributed by atoms with van der Waals surface area (Å²) in [7, 11) is 0. The molecule has 0 spiro atoms. The summed E-state index contributed by atoms with van der Waals surface area (Å²) in [6.07, 6.45) is 1.62. The normalized spacial score (nSPS) is 11.2. The largest absolute Gasteiger partial charge is 0.487 e. The van der Waals surface area contributed by atoms with Gasteiger partial charge < -0.3 is 10.1 Å². The number of rotatable bonds is 9. The number of nitrogens with zero attached hydrogens (tertiary/aromatic N) is 2. The van der Waals surface area contributed by atoms with E-state index < -0.39 is 0 Å². The molecule has 6 aromatic rings. The number of hydrazone groups is 1. The Bertz CT molecular complexity index is 1950. The first kappa shape index (κ1) is 30.0. The first-order valence-corrected chi connectivity index (χ1v) is 16.5. The van der Waals surface area contributed by atoms with Crippen LogP contribution in [-0.2, 0) is 6.61 Å². The number of aromatic nitrogens is 1. The molecule has 0 aliphatic carbocycles. The van der Waals surface area contributed by atoms with Crippen LogP contribution in [-0.4, -0.2) is 17.1 Å². The van der Waals surface area contributed by atoms with Gasteiger partial charge in [0.1, 0.15) is 12.4 Å². The molecule has 44 heavy (non-hydrogen) atoms. The zero-order valence-electron chi connectivity index (χ0n) is 23.6. The molecule has 1 heterocycles. The fourth-order valence-electron chi connectivity index (χ4n) is 4.61. The summed E-state index contributed by atoms with van der Waals surface area (Å²) in [4.78, 5) is 17.4. The second-order valence-corrected chi connectivity index (χ2v) is 12.9. The number of ether oxygens (including phenoxy) is 1. The highest BCUT2D eigenvalue weighted by molar-refractivity contribution is 14.1. The number of anilines is 2. The Morgan fingerprint density at radius 1 is 1.00 bits per heavy atom. The number of halogens is 2. The van der Waals surface area contributed by atoms with Gasteiger partial charge >= 0.3 is 0 Å². The summed E-state index contributed by atoms with van der Waals surface area (Å²) in [6, 6.07) is 33.9. The molecule has 1 amide bonds. The summed E-state index contributed by atoms with van der Waals surface area (Å²) in [5.74, 6) is 0.467. The molecule has 6 rings (SSSR count). The van der Waals surface area contributed by atoms with E-state index in [2.05, 4.69) is 103 Å². The van der Waals surface area contributed by atoms with Crippen molar-refractivity contribution in [1.29, 1.82) is 0 Å². The molecule has 0 radical (unpaired) electrons. The van der Waals surface area contributed by atoms with Crippen LogP contribution in [0.5, 0.6) is 5.75 Å². The SMILES string of the molecule is Cc1ccc(Nc2nc(-c3ccc(C(=O)N/N=C\c4cc(Br)c(OCc5cccc6ccccc56)c(I)c4)cc3)cs2)cc1. The number of benzene rings is 5. The van der Waals surface area contributed by atoms with Crippen molar-refractivity contribution < 1.29 is 9.53 Å². The molecule has 0 saturated carbocycles. The maximum atomic E-state index is 12.7. The maximum absolute atomic E-state index is 12.7. The highest BCUT2D eigenvalue weighted by atomic mass is 127. The quantitative estimate of drug-likeness (QED) is 0.0872. The summed E-state index contributed by atoms with van der Waals surface area (Å²) in [5, 5.41) is 12.7. The van der Waals surface area contributed by atoms with E-state index in [1.165, 1.54) is 27.7 Å². The van der Waals surface area contributed by atoms with Gasteiger partial charge in [0.25, 0.3) is 5.91 Å². The van der Waals surface area contributed by atoms with Crippen LogP contribution in [0.15, 0.2) is 118 Å². The lowest BCUT2D eigenvalue weighted by atomic mass is 10.1. The van der Waals surface area contributed by atoms with Crippen LogP contribution in [0.1, 0.15) is 27.0 Å². The van der Waals surface area contributed by atoms with Crippen molar-refractivity contribution in [1.82, 2.24) is 10.4 Å². The van der Waals surface area contributed by atoms with Crippen LogP contribution in [0.3, 0.4) is 0 Å². The molecule has 2 N–H and O–H groups in total. The van der Waals surface area contributed by atoms with Crippen LogP contribution < -0.4 is 15.5 Å². The number of carbonyl (C=O) groups excluding carboxylic acids is 1. The predicted octanol–water partition coefficient (Wildman–Crippen LogP) is 9.73. The van der Waals surface area contributed by atoms with Gasteiger partial charge in [-0.05, 0) is 104 Å². The molecule has 0 aliphatic rings. The first-order valence-electron chi connectivity index (χ1n) is 13.7. The average molecular weight is 773 g/mol. The Morgan fingerprint density at radius 3 is 2.57 bits per heavy atom. The van der Waals surface area contributed by atoms with Crippen molar-refractivity contribution in [3.05, 3.63) is 139 Å². The van der Waals surface area contributed by atoms with E-state index in [4.69, 9.17) is 4.74 Å². The third-order valence-electron chi connectivity index (χ3n) is 6.90. The highest BCUT2D eigenvalue weighted by Crippen LogP contribution is 2.33. The lowest BCUT2D eigenvalue weighted by Crippen LogP contribution is -2.17. The van der Waals surface area contributed by atoms with Gasteiger partial charge in [0.2, 0.25) is 0 Å². The minimum Gasteiger partial charge on any atom is -0.487 e. The molecule has 218 valence electrons. The summed E-state index contributed by atoms with van der Waals surface area (Å²) >= 11 is 7.42. The number of hydrogen-bond acceptors (Lipinski definition) is 6. The molecule has 0 aliphatic heterocycles. The molecule has 0 bridgehead atoms. The lowest BCUT2D eigenvalue weighted by molar-refractivity contribution is 0.0955. The van der Waals surface area contributed by atoms with Crippen molar-refractivity contribution in [2.24, 2.45) is 5.10 Å². The fraction of sp³-hybridized carbons (Fsp3) is 0.0571. The smallest absolute Gasteiger partial charge is 0.271 e. The van der Waals surface area contributed by atoms with Crippen LogP contribution in [0, 0.1) is 10.5 Å². The minimum atomic E-state index is -0.295. The van der Waals surface area contributed by atoms with Gasteiger partial charge in [-0.25, -0.2) is 10.4 Å². The predicted molar refractivity (Wildman–Crippen MR) is 192 cm³/mol. The molecular weight excluding hydrogens is 747 g/mol. The molecule has 5 aromatic carbocycles. The number of nitrogens with one attached hydrogen (secondary N) is 2. The van der Waals surface area contributed by atoms with Crippen molar-refractivity contribution in [3.63, 3.8) is 0 Å². The lowest BCUT2D eigenvalue weighted by Gasteiger charge is -2.13. The molecule has 1 aromatic heterocycles. The molecule has 6 nitrogen and oxygen atoms in total. The minimum absolute atomic E-state index is 0.295. The number of hydrogen-bond donors (Lipinski definition) is 2. The second kappa shape index (κ2) is 13.7. The number of amides is 1. The summed E-state index contributed by atoms with van der Waals surface area (Å²) in [6.45, 7) is 2.51. The standard InChI is InChI=1S/C35H26BrIN4O2S/c1-22-9-15-28(16-10-22)39-35-40-32(21-44-35)25-11-13-26(14-12-25)34(42)41-38-19-23-17-30(36)33(31(37)18-23)43-20-27-7-4-6-24-5-2-3-8-29(24)27/h2-19,21H,20H2,1H3,(H,39,40)(H,41,42)/b38-19-. The average Bonchev–Trinajstić information content (AvgIpc) is 3.50. The summed E-state index contributed by atoms with van der Waals surface area (Å²) < 4.78 is 7.96.